The molecule has 0 aromatic heterocycles. The van der Waals surface area contributed by atoms with Gasteiger partial charge in [-0.2, -0.15) is 4.31 Å². The molecule has 3 aromatic carbocycles. The maximum atomic E-state index is 13.5. The standard InChI is InChI=1S/C25H28N2O6S/c1-4-33-20-10-13-22(14-11-20)34(29,30)27(17-19-8-6-5-7-9-19)18-25(28)26-23-15-12-21(31-2)16-24(23)32-3/h5-16H,4,17-18H2,1-3H3,(H,26,28). The van der Waals surface area contributed by atoms with E-state index in [-0.39, 0.29) is 18.0 Å². The first-order chi connectivity index (χ1) is 16.4. The number of carbonyl (C=O) groups excluding carboxylic acids is 1. The molecule has 8 nitrogen and oxygen atoms in total. The average Bonchev–Trinajstić information content (AvgIpc) is 2.85. The van der Waals surface area contributed by atoms with Crippen LogP contribution in [0.4, 0.5) is 5.69 Å². The van der Waals surface area contributed by atoms with Gasteiger partial charge in [-0.15, -0.1) is 0 Å². The summed E-state index contributed by atoms with van der Waals surface area (Å²) >= 11 is 0. The van der Waals surface area contributed by atoms with E-state index in [0.29, 0.717) is 29.5 Å². The molecule has 0 atom stereocenters. The number of nitrogens with zero attached hydrogens (tertiary/aromatic N) is 1. The van der Waals surface area contributed by atoms with Gasteiger partial charge in [0.2, 0.25) is 15.9 Å². The summed E-state index contributed by atoms with van der Waals surface area (Å²) in [5.41, 5.74) is 1.17. The van der Waals surface area contributed by atoms with Gasteiger partial charge in [0.15, 0.2) is 0 Å². The average molecular weight is 485 g/mol. The number of hydrogen-bond donors (Lipinski definition) is 1. The highest BCUT2D eigenvalue weighted by Gasteiger charge is 2.27. The molecule has 0 heterocycles. The highest BCUT2D eigenvalue weighted by Crippen LogP contribution is 2.29. The quantitative estimate of drug-likeness (QED) is 0.443. The van der Waals surface area contributed by atoms with Crippen molar-refractivity contribution < 1.29 is 27.4 Å². The van der Waals surface area contributed by atoms with E-state index in [0.717, 1.165) is 9.87 Å². The maximum absolute atomic E-state index is 13.5. The molecule has 1 amide bonds. The summed E-state index contributed by atoms with van der Waals surface area (Å²) < 4.78 is 44.0. The van der Waals surface area contributed by atoms with E-state index in [1.165, 1.54) is 26.4 Å². The largest absolute Gasteiger partial charge is 0.497 e. The van der Waals surface area contributed by atoms with Gasteiger partial charge in [-0.1, -0.05) is 30.3 Å². The molecule has 0 radical (unpaired) electrons. The van der Waals surface area contributed by atoms with E-state index in [2.05, 4.69) is 5.32 Å². The fourth-order valence-electron chi connectivity index (χ4n) is 3.29. The van der Waals surface area contributed by atoms with Gasteiger partial charge >= 0.3 is 0 Å². The number of carbonyl (C=O) groups is 1. The third-order valence-corrected chi connectivity index (χ3v) is 6.78. The van der Waals surface area contributed by atoms with Crippen LogP contribution in [0.5, 0.6) is 17.2 Å². The number of ether oxygens (including phenoxy) is 3. The molecule has 3 aromatic rings. The number of methoxy groups -OCH3 is 2. The minimum Gasteiger partial charge on any atom is -0.497 e. The highest BCUT2D eigenvalue weighted by molar-refractivity contribution is 7.89. The first kappa shape index (κ1) is 25.1. The number of hydrogen-bond acceptors (Lipinski definition) is 6. The lowest BCUT2D eigenvalue weighted by molar-refractivity contribution is -0.116. The van der Waals surface area contributed by atoms with Gasteiger partial charge in [0, 0.05) is 12.6 Å². The molecule has 3 rings (SSSR count). The number of rotatable bonds is 11. The van der Waals surface area contributed by atoms with Gasteiger partial charge in [-0.25, -0.2) is 8.42 Å². The third-order valence-electron chi connectivity index (χ3n) is 4.98. The van der Waals surface area contributed by atoms with Crippen LogP contribution in [0.25, 0.3) is 0 Å². The molecule has 0 aliphatic heterocycles. The second-order valence-electron chi connectivity index (χ2n) is 7.28. The van der Waals surface area contributed by atoms with Crippen LogP contribution in [0, 0.1) is 0 Å². The lowest BCUT2D eigenvalue weighted by Crippen LogP contribution is -2.37. The van der Waals surface area contributed by atoms with Crippen molar-refractivity contribution in [3.8, 4) is 17.2 Å². The van der Waals surface area contributed by atoms with E-state index < -0.39 is 15.9 Å². The molecule has 0 bridgehead atoms. The van der Waals surface area contributed by atoms with E-state index in [1.807, 2.05) is 37.3 Å². The Morgan fingerprint density at radius 1 is 0.912 bits per heavy atom. The summed E-state index contributed by atoms with van der Waals surface area (Å²) in [5.74, 6) is 1.03. The summed E-state index contributed by atoms with van der Waals surface area (Å²) in [6.45, 7) is 1.97. The zero-order valence-electron chi connectivity index (χ0n) is 19.4. The molecule has 0 fully saturated rings. The molecule has 0 aliphatic carbocycles. The summed E-state index contributed by atoms with van der Waals surface area (Å²) in [6.07, 6.45) is 0. The van der Waals surface area contributed by atoms with Crippen LogP contribution < -0.4 is 19.5 Å². The minimum absolute atomic E-state index is 0.0313. The van der Waals surface area contributed by atoms with Crippen LogP contribution >= 0.6 is 0 Å². The molecule has 0 aliphatic rings. The molecule has 0 unspecified atom stereocenters. The lowest BCUT2D eigenvalue weighted by Gasteiger charge is -2.22. The summed E-state index contributed by atoms with van der Waals surface area (Å²) in [4.78, 5) is 13.0. The second-order valence-corrected chi connectivity index (χ2v) is 9.22. The van der Waals surface area contributed by atoms with Gasteiger partial charge < -0.3 is 19.5 Å². The maximum Gasteiger partial charge on any atom is 0.243 e. The van der Waals surface area contributed by atoms with Crippen molar-refractivity contribution in [2.75, 3.05) is 32.7 Å². The van der Waals surface area contributed by atoms with Crippen LogP contribution in [0.15, 0.2) is 77.7 Å². The van der Waals surface area contributed by atoms with Gasteiger partial charge in [-0.05, 0) is 48.9 Å². The van der Waals surface area contributed by atoms with E-state index in [1.54, 1.807) is 30.3 Å². The Kier molecular flexibility index (Phi) is 8.50. The molecular formula is C25H28N2O6S. The first-order valence-corrected chi connectivity index (χ1v) is 12.1. The zero-order chi connectivity index (χ0) is 24.6. The molecule has 0 spiro atoms. The van der Waals surface area contributed by atoms with Crippen LogP contribution in [0.1, 0.15) is 12.5 Å². The number of benzene rings is 3. The Morgan fingerprint density at radius 2 is 1.59 bits per heavy atom. The van der Waals surface area contributed by atoms with Gasteiger partial charge in [0.05, 0.1) is 38.0 Å². The Hall–Kier alpha value is -3.56. The van der Waals surface area contributed by atoms with Crippen molar-refractivity contribution >= 4 is 21.6 Å². The topological polar surface area (TPSA) is 94.2 Å². The monoisotopic (exact) mass is 484 g/mol. The van der Waals surface area contributed by atoms with Crippen molar-refractivity contribution in [3.63, 3.8) is 0 Å². The SMILES string of the molecule is CCOc1ccc(S(=O)(=O)N(CC(=O)Nc2ccc(OC)cc2OC)Cc2ccccc2)cc1. The van der Waals surface area contributed by atoms with Crippen LogP contribution in [-0.4, -0.2) is 46.0 Å². The molecule has 0 saturated heterocycles. The Labute approximate surface area is 200 Å². The fraction of sp³-hybridized carbons (Fsp3) is 0.240. The zero-order valence-corrected chi connectivity index (χ0v) is 20.2. The van der Waals surface area contributed by atoms with Crippen molar-refractivity contribution in [1.82, 2.24) is 4.31 Å². The molecule has 34 heavy (non-hydrogen) atoms. The second kappa shape index (κ2) is 11.5. The molecule has 9 heteroatoms. The van der Waals surface area contributed by atoms with Crippen molar-refractivity contribution in [2.45, 2.75) is 18.4 Å². The lowest BCUT2D eigenvalue weighted by atomic mass is 10.2. The Balaban J connectivity index is 1.86. The van der Waals surface area contributed by atoms with Crippen LogP contribution in [0.3, 0.4) is 0 Å². The fourth-order valence-corrected chi connectivity index (χ4v) is 4.67. The van der Waals surface area contributed by atoms with Crippen LogP contribution in [-0.2, 0) is 21.4 Å². The first-order valence-electron chi connectivity index (χ1n) is 10.7. The Morgan fingerprint density at radius 3 is 2.21 bits per heavy atom. The number of nitrogens with one attached hydrogen (secondary N) is 1. The molecule has 1 N–H and O–H groups in total. The van der Waals surface area contributed by atoms with E-state index in [4.69, 9.17) is 14.2 Å². The van der Waals surface area contributed by atoms with Crippen molar-refractivity contribution in [1.29, 1.82) is 0 Å². The van der Waals surface area contributed by atoms with E-state index >= 15 is 0 Å². The Bertz CT molecular complexity index is 1200. The molecular weight excluding hydrogens is 456 g/mol. The van der Waals surface area contributed by atoms with E-state index in [9.17, 15) is 13.2 Å². The van der Waals surface area contributed by atoms with Crippen LogP contribution in [0.2, 0.25) is 0 Å². The molecule has 0 saturated carbocycles. The van der Waals surface area contributed by atoms with Crippen molar-refractivity contribution in [3.05, 3.63) is 78.4 Å². The number of amides is 1. The summed E-state index contributed by atoms with van der Waals surface area (Å²) in [5, 5.41) is 2.73. The van der Waals surface area contributed by atoms with Gasteiger partial charge in [-0.3, -0.25) is 4.79 Å². The van der Waals surface area contributed by atoms with Gasteiger partial charge in [0.25, 0.3) is 0 Å². The third kappa shape index (κ3) is 6.27. The smallest absolute Gasteiger partial charge is 0.243 e. The molecule has 180 valence electrons. The number of anilines is 1. The number of sulfonamides is 1. The highest BCUT2D eigenvalue weighted by atomic mass is 32.2. The van der Waals surface area contributed by atoms with Crippen molar-refractivity contribution in [2.24, 2.45) is 0 Å². The summed E-state index contributed by atoms with van der Waals surface area (Å²) in [6, 6.07) is 20.2. The normalized spacial score (nSPS) is 11.2. The predicted octanol–water partition coefficient (Wildman–Crippen LogP) is 3.93. The van der Waals surface area contributed by atoms with Gasteiger partial charge in [0.1, 0.15) is 17.2 Å². The predicted molar refractivity (Wildman–Crippen MR) is 130 cm³/mol. The minimum atomic E-state index is -3.98. The summed E-state index contributed by atoms with van der Waals surface area (Å²) in [7, 11) is -0.976.